The van der Waals surface area contributed by atoms with Crippen molar-refractivity contribution in [3.8, 4) is 16.9 Å². The molecule has 0 aliphatic carbocycles. The SMILES string of the molecule is C=CCn1c(SCCCOc2ccccc2)nc2scc(-c3ccccc3)c2c1=O. The molecule has 4 aromatic rings. The van der Waals surface area contributed by atoms with Crippen molar-refractivity contribution in [2.75, 3.05) is 12.4 Å². The monoisotopic (exact) mass is 434 g/mol. The van der Waals surface area contributed by atoms with Crippen molar-refractivity contribution in [3.05, 3.63) is 89.1 Å². The Morgan fingerprint density at radius 1 is 1.10 bits per heavy atom. The van der Waals surface area contributed by atoms with Crippen molar-refractivity contribution >= 4 is 33.3 Å². The summed E-state index contributed by atoms with van der Waals surface area (Å²) >= 11 is 3.10. The maximum Gasteiger partial charge on any atom is 0.263 e. The molecule has 0 aliphatic heterocycles. The summed E-state index contributed by atoms with van der Waals surface area (Å²) in [6, 6.07) is 19.8. The van der Waals surface area contributed by atoms with Gasteiger partial charge in [0.25, 0.3) is 5.56 Å². The number of para-hydroxylation sites is 1. The second kappa shape index (κ2) is 9.78. The van der Waals surface area contributed by atoms with Crippen LogP contribution in [0.1, 0.15) is 6.42 Å². The minimum absolute atomic E-state index is 0.0111. The largest absolute Gasteiger partial charge is 0.494 e. The van der Waals surface area contributed by atoms with Crippen LogP contribution in [0.15, 0.2) is 88.6 Å². The molecule has 6 heteroatoms. The van der Waals surface area contributed by atoms with Gasteiger partial charge in [0.15, 0.2) is 5.16 Å². The summed E-state index contributed by atoms with van der Waals surface area (Å²) in [4.78, 5) is 18.9. The highest BCUT2D eigenvalue weighted by atomic mass is 32.2. The van der Waals surface area contributed by atoms with Gasteiger partial charge in [-0.1, -0.05) is 66.4 Å². The van der Waals surface area contributed by atoms with Crippen LogP contribution in [0.2, 0.25) is 0 Å². The Kier molecular flexibility index (Phi) is 6.67. The molecule has 0 aliphatic rings. The quantitative estimate of drug-likeness (QED) is 0.143. The summed E-state index contributed by atoms with van der Waals surface area (Å²) in [5.41, 5.74) is 1.97. The van der Waals surface area contributed by atoms with Gasteiger partial charge in [0.1, 0.15) is 10.6 Å². The Morgan fingerprint density at radius 2 is 1.83 bits per heavy atom. The second-order valence-corrected chi connectivity index (χ2v) is 8.58. The first kappa shape index (κ1) is 20.4. The van der Waals surface area contributed by atoms with Crippen LogP contribution in [0.4, 0.5) is 0 Å². The van der Waals surface area contributed by atoms with E-state index in [1.54, 1.807) is 22.4 Å². The molecule has 0 amide bonds. The molecule has 152 valence electrons. The highest BCUT2D eigenvalue weighted by Crippen LogP contribution is 2.32. The lowest BCUT2D eigenvalue weighted by Crippen LogP contribution is -2.22. The third kappa shape index (κ3) is 4.50. The van der Waals surface area contributed by atoms with E-state index >= 15 is 0 Å². The molecule has 0 fully saturated rings. The fraction of sp³-hybridized carbons (Fsp3) is 0.167. The third-order valence-electron chi connectivity index (χ3n) is 4.59. The van der Waals surface area contributed by atoms with Crippen molar-refractivity contribution in [2.24, 2.45) is 0 Å². The van der Waals surface area contributed by atoms with Crippen molar-refractivity contribution in [3.63, 3.8) is 0 Å². The fourth-order valence-electron chi connectivity index (χ4n) is 3.17. The van der Waals surface area contributed by atoms with Crippen molar-refractivity contribution in [2.45, 2.75) is 18.1 Å². The first-order chi connectivity index (χ1) is 14.8. The Bertz CT molecular complexity index is 1180. The van der Waals surface area contributed by atoms with E-state index in [2.05, 4.69) is 6.58 Å². The van der Waals surface area contributed by atoms with E-state index in [9.17, 15) is 4.79 Å². The maximum atomic E-state index is 13.3. The number of aromatic nitrogens is 2. The minimum Gasteiger partial charge on any atom is -0.494 e. The van der Waals surface area contributed by atoms with Crippen LogP contribution in [-0.2, 0) is 6.54 Å². The van der Waals surface area contributed by atoms with E-state index in [-0.39, 0.29) is 5.56 Å². The number of allylic oxidation sites excluding steroid dienone is 1. The first-order valence-electron chi connectivity index (χ1n) is 9.77. The molecular weight excluding hydrogens is 412 g/mol. The van der Waals surface area contributed by atoms with Gasteiger partial charge in [0, 0.05) is 23.2 Å². The number of hydrogen-bond donors (Lipinski definition) is 0. The van der Waals surface area contributed by atoms with Gasteiger partial charge in [-0.2, -0.15) is 0 Å². The molecule has 0 unspecified atom stereocenters. The number of nitrogens with zero attached hydrogens (tertiary/aromatic N) is 2. The Hall–Kier alpha value is -2.83. The lowest BCUT2D eigenvalue weighted by Gasteiger charge is -2.11. The molecule has 0 atom stereocenters. The highest BCUT2D eigenvalue weighted by molar-refractivity contribution is 7.99. The smallest absolute Gasteiger partial charge is 0.263 e. The summed E-state index contributed by atoms with van der Waals surface area (Å²) in [6.07, 6.45) is 2.60. The van der Waals surface area contributed by atoms with Gasteiger partial charge in [0.05, 0.1) is 12.0 Å². The fourth-order valence-corrected chi connectivity index (χ4v) is 5.07. The molecule has 4 rings (SSSR count). The zero-order chi connectivity index (χ0) is 20.8. The summed E-state index contributed by atoms with van der Waals surface area (Å²) in [6.45, 7) is 4.88. The molecule has 0 radical (unpaired) electrons. The van der Waals surface area contributed by atoms with Gasteiger partial charge in [0.2, 0.25) is 0 Å². The number of benzene rings is 2. The topological polar surface area (TPSA) is 44.1 Å². The molecule has 2 aromatic heterocycles. The van der Waals surface area contributed by atoms with E-state index in [0.29, 0.717) is 18.5 Å². The number of ether oxygens (including phenoxy) is 1. The molecule has 2 aromatic carbocycles. The third-order valence-corrected chi connectivity index (χ3v) is 6.52. The summed E-state index contributed by atoms with van der Waals surface area (Å²) in [7, 11) is 0. The van der Waals surface area contributed by atoms with Crippen LogP contribution in [-0.4, -0.2) is 21.9 Å². The molecular formula is C24H22N2O2S2. The zero-order valence-corrected chi connectivity index (χ0v) is 18.1. The lowest BCUT2D eigenvalue weighted by atomic mass is 10.1. The van der Waals surface area contributed by atoms with Crippen LogP contribution in [0.25, 0.3) is 21.3 Å². The molecule has 0 N–H and O–H groups in total. The molecule has 0 spiro atoms. The molecule has 4 nitrogen and oxygen atoms in total. The predicted octanol–water partition coefficient (Wildman–Crippen LogP) is 5.87. The second-order valence-electron chi connectivity index (χ2n) is 6.66. The van der Waals surface area contributed by atoms with Gasteiger partial charge >= 0.3 is 0 Å². The summed E-state index contributed by atoms with van der Waals surface area (Å²) in [5.74, 6) is 1.69. The number of thioether (sulfide) groups is 1. The average molecular weight is 435 g/mol. The number of fused-ring (bicyclic) bond motifs is 1. The Balaban J connectivity index is 1.53. The van der Waals surface area contributed by atoms with E-state index in [1.165, 1.54) is 11.3 Å². The van der Waals surface area contributed by atoms with Gasteiger partial charge in [-0.3, -0.25) is 9.36 Å². The van der Waals surface area contributed by atoms with E-state index < -0.39 is 0 Å². The van der Waals surface area contributed by atoms with E-state index in [1.807, 2.05) is 66.0 Å². The minimum atomic E-state index is -0.0111. The number of thiophene rings is 1. The van der Waals surface area contributed by atoms with Gasteiger partial charge in [-0.15, -0.1) is 17.9 Å². The molecule has 0 saturated carbocycles. The first-order valence-corrected chi connectivity index (χ1v) is 11.6. The van der Waals surface area contributed by atoms with Gasteiger partial charge < -0.3 is 4.74 Å². The molecule has 0 bridgehead atoms. The molecule has 2 heterocycles. The summed E-state index contributed by atoms with van der Waals surface area (Å²) in [5, 5.41) is 3.44. The van der Waals surface area contributed by atoms with Crippen LogP contribution < -0.4 is 10.3 Å². The molecule has 0 saturated heterocycles. The zero-order valence-electron chi connectivity index (χ0n) is 16.5. The standard InChI is InChI=1S/C24H22N2O2S2/c1-2-14-26-23(27)21-20(18-10-5-3-6-11-18)17-30-22(21)25-24(26)29-16-9-15-28-19-12-7-4-8-13-19/h2-8,10-13,17H,1,9,14-16H2. The van der Waals surface area contributed by atoms with Gasteiger partial charge in [-0.25, -0.2) is 4.98 Å². The van der Waals surface area contributed by atoms with Crippen LogP contribution in [0, 0.1) is 0 Å². The molecule has 30 heavy (non-hydrogen) atoms. The normalized spacial score (nSPS) is 10.9. The van der Waals surface area contributed by atoms with Gasteiger partial charge in [-0.05, 0) is 24.1 Å². The predicted molar refractivity (Wildman–Crippen MR) is 127 cm³/mol. The van der Waals surface area contributed by atoms with Crippen LogP contribution >= 0.6 is 23.1 Å². The lowest BCUT2D eigenvalue weighted by molar-refractivity contribution is 0.318. The van der Waals surface area contributed by atoms with E-state index in [0.717, 1.165) is 39.0 Å². The average Bonchev–Trinajstić information content (AvgIpc) is 3.21. The van der Waals surface area contributed by atoms with Crippen molar-refractivity contribution < 1.29 is 4.74 Å². The Labute approximate surface area is 183 Å². The number of rotatable bonds is 9. The maximum absolute atomic E-state index is 13.3. The van der Waals surface area contributed by atoms with E-state index in [4.69, 9.17) is 9.72 Å². The highest BCUT2D eigenvalue weighted by Gasteiger charge is 2.16. The van der Waals surface area contributed by atoms with Crippen LogP contribution in [0.3, 0.4) is 0 Å². The summed E-state index contributed by atoms with van der Waals surface area (Å²) < 4.78 is 7.47. The van der Waals surface area contributed by atoms with Crippen LogP contribution in [0.5, 0.6) is 5.75 Å². The Morgan fingerprint density at radius 3 is 2.57 bits per heavy atom. The van der Waals surface area contributed by atoms with Crippen molar-refractivity contribution in [1.29, 1.82) is 0 Å². The number of hydrogen-bond acceptors (Lipinski definition) is 5. The van der Waals surface area contributed by atoms with Crippen molar-refractivity contribution in [1.82, 2.24) is 9.55 Å².